The lowest BCUT2D eigenvalue weighted by atomic mass is 10.1. The lowest BCUT2D eigenvalue weighted by Gasteiger charge is -2.25. The second-order valence-corrected chi connectivity index (χ2v) is 5.55. The van der Waals surface area contributed by atoms with Crippen LogP contribution in [0.25, 0.3) is 0 Å². The third-order valence-electron chi connectivity index (χ3n) is 2.93. The molecule has 21 heavy (non-hydrogen) atoms. The van der Waals surface area contributed by atoms with Gasteiger partial charge in [0.25, 0.3) is 5.91 Å². The smallest absolute Gasteiger partial charge is 0.269 e. The molecule has 2 rings (SSSR count). The molecule has 110 valence electrons. The van der Waals surface area contributed by atoms with Crippen LogP contribution in [0.5, 0.6) is 5.75 Å². The van der Waals surface area contributed by atoms with Gasteiger partial charge in [-0.15, -0.1) is 0 Å². The van der Waals surface area contributed by atoms with Gasteiger partial charge in [-0.25, -0.2) is 4.98 Å². The molecule has 2 aromatic rings. The van der Waals surface area contributed by atoms with Crippen LogP contribution >= 0.6 is 11.6 Å². The monoisotopic (exact) mass is 304 g/mol. The van der Waals surface area contributed by atoms with Gasteiger partial charge in [0, 0.05) is 0 Å². The summed E-state index contributed by atoms with van der Waals surface area (Å²) in [6.07, 6.45) is 0. The molecular formula is C16H17ClN2O2. The summed E-state index contributed by atoms with van der Waals surface area (Å²) < 4.78 is 5.72. The van der Waals surface area contributed by atoms with Crippen LogP contribution in [0.4, 0.5) is 5.82 Å². The first-order chi connectivity index (χ1) is 9.88. The predicted molar refractivity (Wildman–Crippen MR) is 83.8 cm³/mol. The third-order valence-corrected chi connectivity index (χ3v) is 3.33. The number of carbonyl (C=O) groups is 1. The lowest BCUT2D eigenvalue weighted by molar-refractivity contribution is -0.128. The van der Waals surface area contributed by atoms with Crippen LogP contribution in [-0.2, 0) is 4.79 Å². The van der Waals surface area contributed by atoms with Crippen LogP contribution in [0.2, 0.25) is 5.02 Å². The summed E-state index contributed by atoms with van der Waals surface area (Å²) in [5.74, 6) is 0.810. The van der Waals surface area contributed by atoms with Crippen molar-refractivity contribution in [3.05, 3.63) is 53.2 Å². The van der Waals surface area contributed by atoms with Gasteiger partial charge in [0.1, 0.15) is 11.6 Å². The highest BCUT2D eigenvalue weighted by atomic mass is 35.5. The number of ether oxygens (including phenoxy) is 1. The van der Waals surface area contributed by atoms with Crippen LogP contribution < -0.4 is 10.1 Å². The van der Waals surface area contributed by atoms with Gasteiger partial charge in [0.15, 0.2) is 5.60 Å². The second kappa shape index (κ2) is 6.14. The Labute approximate surface area is 129 Å². The summed E-state index contributed by atoms with van der Waals surface area (Å²) in [5, 5.41) is 3.30. The molecule has 4 nitrogen and oxygen atoms in total. The molecule has 1 N–H and O–H groups in total. The van der Waals surface area contributed by atoms with E-state index in [2.05, 4.69) is 10.3 Å². The number of pyridine rings is 1. The fourth-order valence-corrected chi connectivity index (χ4v) is 1.82. The number of hydrogen-bond donors (Lipinski definition) is 1. The molecular weight excluding hydrogens is 288 g/mol. The zero-order valence-electron chi connectivity index (χ0n) is 12.2. The van der Waals surface area contributed by atoms with Gasteiger partial charge < -0.3 is 10.1 Å². The number of hydrogen-bond acceptors (Lipinski definition) is 3. The van der Waals surface area contributed by atoms with Crippen LogP contribution in [0, 0.1) is 6.92 Å². The first kappa shape index (κ1) is 15.3. The molecule has 1 aromatic carbocycles. The topological polar surface area (TPSA) is 51.2 Å². The molecule has 0 aliphatic rings. The molecule has 0 aliphatic carbocycles. The Kier molecular flexibility index (Phi) is 4.48. The first-order valence-electron chi connectivity index (χ1n) is 6.57. The number of nitrogens with zero attached hydrogens (tertiary/aromatic N) is 1. The average molecular weight is 305 g/mol. The molecule has 5 heteroatoms. The molecule has 1 amide bonds. The fourth-order valence-electron chi connectivity index (χ4n) is 1.71. The highest BCUT2D eigenvalue weighted by molar-refractivity contribution is 6.31. The molecule has 1 aromatic heterocycles. The molecule has 0 saturated heterocycles. The summed E-state index contributed by atoms with van der Waals surface area (Å²) in [4.78, 5) is 16.5. The number of halogens is 1. The van der Waals surface area contributed by atoms with E-state index in [0.717, 1.165) is 0 Å². The third kappa shape index (κ3) is 3.95. The minimum atomic E-state index is -1.02. The van der Waals surface area contributed by atoms with E-state index in [1.54, 1.807) is 45.0 Å². The maximum atomic E-state index is 12.3. The highest BCUT2D eigenvalue weighted by Gasteiger charge is 2.30. The SMILES string of the molecule is Cc1nc(NC(=O)C(C)(C)Oc2ccccc2)ccc1Cl. The van der Waals surface area contributed by atoms with Gasteiger partial charge in [-0.05, 0) is 45.0 Å². The van der Waals surface area contributed by atoms with Gasteiger partial charge in [-0.2, -0.15) is 0 Å². The van der Waals surface area contributed by atoms with Crippen LogP contribution in [0.1, 0.15) is 19.5 Å². The summed E-state index contributed by atoms with van der Waals surface area (Å²) in [5.41, 5.74) is -0.354. The molecule has 0 aliphatic heterocycles. The van der Waals surface area contributed by atoms with Gasteiger partial charge in [0.05, 0.1) is 10.7 Å². The Morgan fingerprint density at radius 2 is 1.86 bits per heavy atom. The van der Waals surface area contributed by atoms with Crippen molar-refractivity contribution in [2.24, 2.45) is 0 Å². The van der Waals surface area contributed by atoms with E-state index >= 15 is 0 Å². The number of amides is 1. The van der Waals surface area contributed by atoms with Crippen LogP contribution in [0.3, 0.4) is 0 Å². The maximum absolute atomic E-state index is 12.3. The number of nitrogens with one attached hydrogen (secondary N) is 1. The number of aryl methyl sites for hydroxylation is 1. The number of anilines is 1. The number of rotatable bonds is 4. The Morgan fingerprint density at radius 1 is 1.19 bits per heavy atom. The molecule has 0 bridgehead atoms. The Hall–Kier alpha value is -2.07. The van der Waals surface area contributed by atoms with Crippen LogP contribution in [0.15, 0.2) is 42.5 Å². The van der Waals surface area contributed by atoms with E-state index in [9.17, 15) is 4.79 Å². The largest absolute Gasteiger partial charge is 0.478 e. The average Bonchev–Trinajstić information content (AvgIpc) is 2.43. The molecule has 0 atom stereocenters. The molecule has 1 heterocycles. The quantitative estimate of drug-likeness (QED) is 0.933. The summed E-state index contributed by atoms with van der Waals surface area (Å²) in [6, 6.07) is 12.6. The Bertz CT molecular complexity index is 642. The maximum Gasteiger partial charge on any atom is 0.269 e. The normalized spacial score (nSPS) is 11.0. The molecule has 0 saturated carbocycles. The van der Waals surface area contributed by atoms with Crippen molar-refractivity contribution < 1.29 is 9.53 Å². The van der Waals surface area contributed by atoms with E-state index in [4.69, 9.17) is 16.3 Å². The number of benzene rings is 1. The van der Waals surface area contributed by atoms with E-state index in [-0.39, 0.29) is 5.91 Å². The van der Waals surface area contributed by atoms with Crippen LogP contribution in [-0.4, -0.2) is 16.5 Å². The van der Waals surface area contributed by atoms with Gasteiger partial charge in [-0.1, -0.05) is 29.8 Å². The zero-order valence-corrected chi connectivity index (χ0v) is 12.9. The molecule has 0 unspecified atom stereocenters. The number of para-hydroxylation sites is 1. The van der Waals surface area contributed by atoms with Gasteiger partial charge >= 0.3 is 0 Å². The summed E-state index contributed by atoms with van der Waals surface area (Å²) in [6.45, 7) is 5.19. The van der Waals surface area contributed by atoms with E-state index in [1.807, 2.05) is 18.2 Å². The minimum Gasteiger partial charge on any atom is -0.478 e. The fraction of sp³-hybridized carbons (Fsp3) is 0.250. The zero-order chi connectivity index (χ0) is 15.5. The molecule has 0 spiro atoms. The van der Waals surface area contributed by atoms with Crippen molar-refractivity contribution in [1.82, 2.24) is 4.98 Å². The van der Waals surface area contributed by atoms with Gasteiger partial charge in [0.2, 0.25) is 0 Å². The predicted octanol–water partition coefficient (Wildman–Crippen LogP) is 3.84. The van der Waals surface area contributed by atoms with Crippen molar-refractivity contribution in [3.8, 4) is 5.75 Å². The first-order valence-corrected chi connectivity index (χ1v) is 6.95. The Balaban J connectivity index is 2.09. The van der Waals surface area contributed by atoms with Crippen molar-refractivity contribution in [2.75, 3.05) is 5.32 Å². The minimum absolute atomic E-state index is 0.277. The van der Waals surface area contributed by atoms with E-state index in [0.29, 0.717) is 22.3 Å². The van der Waals surface area contributed by atoms with Crippen molar-refractivity contribution in [1.29, 1.82) is 0 Å². The Morgan fingerprint density at radius 3 is 2.48 bits per heavy atom. The molecule has 0 fully saturated rings. The van der Waals surface area contributed by atoms with Crippen molar-refractivity contribution in [3.63, 3.8) is 0 Å². The highest BCUT2D eigenvalue weighted by Crippen LogP contribution is 2.20. The summed E-state index contributed by atoms with van der Waals surface area (Å²) in [7, 11) is 0. The van der Waals surface area contributed by atoms with Gasteiger partial charge in [-0.3, -0.25) is 4.79 Å². The second-order valence-electron chi connectivity index (χ2n) is 5.14. The standard InChI is InChI=1S/C16H17ClN2O2/c1-11-13(17)9-10-14(18-11)19-15(20)16(2,3)21-12-7-5-4-6-8-12/h4-10H,1-3H3,(H,18,19,20). The number of aromatic nitrogens is 1. The van der Waals surface area contributed by atoms with Crippen molar-refractivity contribution >= 4 is 23.3 Å². The molecule has 0 radical (unpaired) electrons. The number of carbonyl (C=O) groups excluding carboxylic acids is 1. The van der Waals surface area contributed by atoms with Crippen molar-refractivity contribution in [2.45, 2.75) is 26.4 Å². The summed E-state index contributed by atoms with van der Waals surface area (Å²) >= 11 is 5.91. The van der Waals surface area contributed by atoms with E-state index < -0.39 is 5.60 Å². The lowest BCUT2D eigenvalue weighted by Crippen LogP contribution is -2.42. The van der Waals surface area contributed by atoms with E-state index in [1.165, 1.54) is 0 Å².